The Morgan fingerprint density at radius 3 is 2.72 bits per heavy atom. The number of halogens is 1. The molecule has 1 fully saturated rings. The highest BCUT2D eigenvalue weighted by Crippen LogP contribution is 2.43. The molecule has 2 nitrogen and oxygen atoms in total. The van der Waals surface area contributed by atoms with Crippen LogP contribution in [0.25, 0.3) is 0 Å². The molecule has 2 N–H and O–H groups in total. The second kappa shape index (κ2) is 4.88. The van der Waals surface area contributed by atoms with Crippen molar-refractivity contribution in [1.29, 1.82) is 0 Å². The fourth-order valence-corrected chi connectivity index (χ4v) is 3.07. The predicted octanol–water partition coefficient (Wildman–Crippen LogP) is 3.44. The van der Waals surface area contributed by atoms with Gasteiger partial charge in [0.25, 0.3) is 0 Å². The molecule has 0 radical (unpaired) electrons. The zero-order valence-corrected chi connectivity index (χ0v) is 11.4. The number of hydrogen-bond donors (Lipinski definition) is 1. The van der Waals surface area contributed by atoms with Gasteiger partial charge in [-0.05, 0) is 36.0 Å². The van der Waals surface area contributed by atoms with Crippen molar-refractivity contribution in [1.82, 2.24) is 0 Å². The minimum absolute atomic E-state index is 0.277. The molecule has 1 aliphatic carbocycles. The van der Waals surface area contributed by atoms with Gasteiger partial charge in [0.05, 0.1) is 7.11 Å². The molecule has 100 valence electrons. The molecule has 0 bridgehead atoms. The first kappa shape index (κ1) is 13.3. The molecule has 3 atom stereocenters. The molecular weight excluding hydrogens is 229 g/mol. The third-order valence-corrected chi connectivity index (χ3v) is 4.61. The van der Waals surface area contributed by atoms with Gasteiger partial charge >= 0.3 is 0 Å². The average molecular weight is 251 g/mol. The summed E-state index contributed by atoms with van der Waals surface area (Å²) in [6.45, 7) is 4.40. The van der Waals surface area contributed by atoms with E-state index < -0.39 is 5.54 Å². The van der Waals surface area contributed by atoms with Crippen molar-refractivity contribution in [3.05, 3.63) is 29.6 Å². The largest absolute Gasteiger partial charge is 0.494 e. The quantitative estimate of drug-likeness (QED) is 0.873. The van der Waals surface area contributed by atoms with E-state index in [0.29, 0.717) is 11.8 Å². The van der Waals surface area contributed by atoms with Crippen LogP contribution in [0.5, 0.6) is 5.75 Å². The van der Waals surface area contributed by atoms with Crippen LogP contribution in [0.4, 0.5) is 4.39 Å². The molecule has 0 saturated heterocycles. The summed E-state index contributed by atoms with van der Waals surface area (Å²) in [5, 5.41) is 0. The second-order valence-electron chi connectivity index (χ2n) is 5.55. The fourth-order valence-electron chi connectivity index (χ4n) is 3.07. The zero-order valence-electron chi connectivity index (χ0n) is 11.4. The molecule has 1 aromatic carbocycles. The van der Waals surface area contributed by atoms with Crippen LogP contribution in [0, 0.1) is 17.7 Å². The molecule has 0 spiro atoms. The van der Waals surface area contributed by atoms with Crippen molar-refractivity contribution >= 4 is 0 Å². The topological polar surface area (TPSA) is 35.2 Å². The molecule has 1 saturated carbocycles. The molecule has 3 heteroatoms. The van der Waals surface area contributed by atoms with Gasteiger partial charge in [-0.15, -0.1) is 0 Å². The van der Waals surface area contributed by atoms with Gasteiger partial charge < -0.3 is 10.5 Å². The normalized spacial score (nSPS) is 32.3. The summed E-state index contributed by atoms with van der Waals surface area (Å²) >= 11 is 0. The number of ether oxygens (including phenoxy) is 1. The van der Waals surface area contributed by atoms with E-state index in [9.17, 15) is 4.39 Å². The Hall–Kier alpha value is -1.09. The van der Waals surface area contributed by atoms with Crippen LogP contribution >= 0.6 is 0 Å². The monoisotopic (exact) mass is 251 g/mol. The van der Waals surface area contributed by atoms with Gasteiger partial charge in [0.15, 0.2) is 11.6 Å². The lowest BCUT2D eigenvalue weighted by Crippen LogP contribution is -2.48. The van der Waals surface area contributed by atoms with E-state index in [-0.39, 0.29) is 11.6 Å². The van der Waals surface area contributed by atoms with Crippen LogP contribution in [-0.4, -0.2) is 7.11 Å². The molecule has 0 amide bonds. The molecule has 3 unspecified atom stereocenters. The van der Waals surface area contributed by atoms with Gasteiger partial charge in [0.2, 0.25) is 0 Å². The Bertz CT molecular complexity index is 435. The summed E-state index contributed by atoms with van der Waals surface area (Å²) in [5.41, 5.74) is 7.04. The van der Waals surface area contributed by atoms with E-state index in [2.05, 4.69) is 13.8 Å². The minimum atomic E-state index is -0.412. The average Bonchev–Trinajstić information content (AvgIpc) is 2.36. The van der Waals surface area contributed by atoms with Crippen LogP contribution < -0.4 is 10.5 Å². The van der Waals surface area contributed by atoms with Gasteiger partial charge in [-0.2, -0.15) is 0 Å². The summed E-state index contributed by atoms with van der Waals surface area (Å²) in [6, 6.07) is 5.11. The summed E-state index contributed by atoms with van der Waals surface area (Å²) < 4.78 is 18.8. The predicted molar refractivity (Wildman–Crippen MR) is 71.0 cm³/mol. The molecule has 1 aromatic rings. The first-order valence-corrected chi connectivity index (χ1v) is 6.62. The highest BCUT2D eigenvalue weighted by molar-refractivity contribution is 5.34. The van der Waals surface area contributed by atoms with Crippen LogP contribution in [0.1, 0.15) is 38.7 Å². The van der Waals surface area contributed by atoms with Crippen LogP contribution in [0.15, 0.2) is 18.2 Å². The maximum Gasteiger partial charge on any atom is 0.165 e. The summed E-state index contributed by atoms with van der Waals surface area (Å²) in [6.07, 6.45) is 3.23. The third-order valence-electron chi connectivity index (χ3n) is 4.61. The Labute approximate surface area is 108 Å². The highest BCUT2D eigenvalue weighted by Gasteiger charge is 2.39. The molecule has 2 rings (SSSR count). The smallest absolute Gasteiger partial charge is 0.165 e. The van der Waals surface area contributed by atoms with Gasteiger partial charge in [-0.1, -0.05) is 32.8 Å². The van der Waals surface area contributed by atoms with E-state index >= 15 is 0 Å². The molecule has 0 aromatic heterocycles. The van der Waals surface area contributed by atoms with Crippen molar-refractivity contribution in [2.75, 3.05) is 7.11 Å². The van der Waals surface area contributed by atoms with Crippen molar-refractivity contribution < 1.29 is 9.13 Å². The first-order valence-electron chi connectivity index (χ1n) is 6.62. The van der Waals surface area contributed by atoms with Crippen LogP contribution in [-0.2, 0) is 5.54 Å². The van der Waals surface area contributed by atoms with Crippen molar-refractivity contribution in [3.8, 4) is 5.75 Å². The van der Waals surface area contributed by atoms with Gasteiger partial charge in [-0.3, -0.25) is 0 Å². The summed E-state index contributed by atoms with van der Waals surface area (Å²) in [5.74, 6) is 0.886. The van der Waals surface area contributed by atoms with E-state index in [1.54, 1.807) is 6.07 Å². The Balaban J connectivity index is 2.37. The van der Waals surface area contributed by atoms with Crippen molar-refractivity contribution in [2.45, 2.75) is 38.6 Å². The van der Waals surface area contributed by atoms with Crippen molar-refractivity contribution in [3.63, 3.8) is 0 Å². The van der Waals surface area contributed by atoms with Crippen LogP contribution in [0.3, 0.4) is 0 Å². The fraction of sp³-hybridized carbons (Fsp3) is 0.600. The Morgan fingerprint density at radius 2 is 2.11 bits per heavy atom. The second-order valence-corrected chi connectivity index (χ2v) is 5.55. The molecule has 1 aliphatic rings. The highest BCUT2D eigenvalue weighted by atomic mass is 19.1. The number of rotatable bonds is 2. The lowest BCUT2D eigenvalue weighted by atomic mass is 9.66. The minimum Gasteiger partial charge on any atom is -0.494 e. The van der Waals surface area contributed by atoms with E-state index in [0.717, 1.165) is 18.4 Å². The molecule has 0 aliphatic heterocycles. The summed E-state index contributed by atoms with van der Waals surface area (Å²) in [7, 11) is 1.47. The number of methoxy groups -OCH3 is 1. The molecule has 18 heavy (non-hydrogen) atoms. The van der Waals surface area contributed by atoms with Crippen molar-refractivity contribution in [2.24, 2.45) is 17.6 Å². The number of hydrogen-bond acceptors (Lipinski definition) is 2. The van der Waals surface area contributed by atoms with Gasteiger partial charge in [-0.25, -0.2) is 4.39 Å². The van der Waals surface area contributed by atoms with E-state index in [1.807, 2.05) is 6.07 Å². The first-order chi connectivity index (χ1) is 8.49. The third kappa shape index (κ3) is 2.12. The molecule has 0 heterocycles. The number of benzene rings is 1. The Morgan fingerprint density at radius 1 is 1.39 bits per heavy atom. The SMILES string of the molecule is COc1ccc(C2(N)CCCC(C)C2C)cc1F. The number of nitrogens with two attached hydrogens (primary N) is 1. The lowest BCUT2D eigenvalue weighted by molar-refractivity contribution is 0.143. The van der Waals surface area contributed by atoms with E-state index in [1.165, 1.54) is 19.6 Å². The maximum absolute atomic E-state index is 13.8. The van der Waals surface area contributed by atoms with Gasteiger partial charge in [0.1, 0.15) is 0 Å². The van der Waals surface area contributed by atoms with Gasteiger partial charge in [0, 0.05) is 5.54 Å². The standard InChI is InChI=1S/C15H22FNO/c1-10-5-4-8-15(17,11(10)2)12-6-7-14(18-3)13(16)9-12/h6-7,9-11H,4-5,8,17H2,1-3H3. The summed E-state index contributed by atoms with van der Waals surface area (Å²) in [4.78, 5) is 0. The Kier molecular flexibility index (Phi) is 3.62. The molecular formula is C15H22FNO. The van der Waals surface area contributed by atoms with E-state index in [4.69, 9.17) is 10.5 Å². The zero-order chi connectivity index (χ0) is 13.3. The lowest BCUT2D eigenvalue weighted by Gasteiger charge is -2.43. The van der Waals surface area contributed by atoms with Crippen LogP contribution in [0.2, 0.25) is 0 Å². The maximum atomic E-state index is 13.8.